The van der Waals surface area contributed by atoms with Gasteiger partial charge in [0.15, 0.2) is 5.78 Å². The second-order valence-electron chi connectivity index (χ2n) is 9.94. The summed E-state index contributed by atoms with van der Waals surface area (Å²) >= 11 is 0. The van der Waals surface area contributed by atoms with Gasteiger partial charge in [0.1, 0.15) is 0 Å². The van der Waals surface area contributed by atoms with Crippen LogP contribution in [0.3, 0.4) is 0 Å². The van der Waals surface area contributed by atoms with E-state index >= 15 is 0 Å². The molecule has 2 nitrogen and oxygen atoms in total. The van der Waals surface area contributed by atoms with Crippen molar-refractivity contribution in [3.8, 4) is 0 Å². The molecular weight excluding hydrogens is 368 g/mol. The molecule has 2 aromatic rings. The number of carbonyl (C=O) groups excluding carboxylic acids is 1. The maximum atomic E-state index is 11.9. The Balaban J connectivity index is 2.40. The van der Waals surface area contributed by atoms with Crippen LogP contribution in [0.1, 0.15) is 99.0 Å². The second-order valence-corrected chi connectivity index (χ2v) is 9.94. The molecule has 30 heavy (non-hydrogen) atoms. The maximum Gasteiger partial charge on any atom is 0.160 e. The Labute approximate surface area is 183 Å². The first-order chi connectivity index (χ1) is 14.0. The summed E-state index contributed by atoms with van der Waals surface area (Å²) in [4.78, 5) is 11.9. The van der Waals surface area contributed by atoms with Crippen molar-refractivity contribution in [1.29, 1.82) is 0 Å². The minimum absolute atomic E-state index is 0.0612. The highest BCUT2D eigenvalue weighted by Crippen LogP contribution is 2.40. The molecule has 164 valence electrons. The Kier molecular flexibility index (Phi) is 7.69. The molecule has 0 aliphatic carbocycles. The van der Waals surface area contributed by atoms with E-state index in [4.69, 9.17) is 0 Å². The number of ketones is 1. The molecule has 2 aromatic carbocycles. The second kappa shape index (κ2) is 9.47. The topological polar surface area (TPSA) is 37.3 Å². The summed E-state index contributed by atoms with van der Waals surface area (Å²) in [7, 11) is 0. The molecule has 1 N–H and O–H groups in total. The van der Waals surface area contributed by atoms with Gasteiger partial charge in [-0.1, -0.05) is 71.0 Å². The van der Waals surface area contributed by atoms with Crippen LogP contribution in [0.15, 0.2) is 36.4 Å². The lowest BCUT2D eigenvalue weighted by atomic mass is 9.69. The molecule has 0 amide bonds. The zero-order valence-electron chi connectivity index (χ0n) is 20.2. The van der Waals surface area contributed by atoms with Gasteiger partial charge in [0.25, 0.3) is 0 Å². The number of Topliss-reactive ketones (excluding diaryl/α,β-unsaturated/α-hetero) is 1. The number of benzene rings is 2. The van der Waals surface area contributed by atoms with Crippen LogP contribution >= 0.6 is 0 Å². The number of aryl methyl sites for hydroxylation is 3. The number of aliphatic hydroxyl groups excluding tert-OH is 1. The predicted octanol–water partition coefficient (Wildman–Crippen LogP) is 6.95. The van der Waals surface area contributed by atoms with E-state index in [9.17, 15) is 9.90 Å². The first-order valence-corrected chi connectivity index (χ1v) is 11.4. The Morgan fingerprint density at radius 2 is 1.47 bits per heavy atom. The monoisotopic (exact) mass is 408 g/mol. The molecule has 2 rings (SSSR count). The third-order valence-electron chi connectivity index (χ3n) is 6.95. The van der Waals surface area contributed by atoms with E-state index in [1.807, 2.05) is 13.0 Å². The van der Waals surface area contributed by atoms with Crippen LogP contribution < -0.4 is 0 Å². The summed E-state index contributed by atoms with van der Waals surface area (Å²) in [5, 5.41) is 10.4. The summed E-state index contributed by atoms with van der Waals surface area (Å²) in [6, 6.07) is 13.2. The highest BCUT2D eigenvalue weighted by molar-refractivity contribution is 5.95. The number of carbonyl (C=O) groups is 1. The van der Waals surface area contributed by atoms with Crippen LogP contribution in [0.4, 0.5) is 0 Å². The Bertz CT molecular complexity index is 882. The van der Waals surface area contributed by atoms with Crippen molar-refractivity contribution < 1.29 is 9.90 Å². The molecule has 0 spiro atoms. The normalized spacial score (nSPS) is 13.4. The predicted molar refractivity (Wildman–Crippen MR) is 128 cm³/mol. The Hall–Kier alpha value is -1.93. The summed E-state index contributed by atoms with van der Waals surface area (Å²) in [6.07, 6.45) is 3.38. The molecule has 0 bridgehead atoms. The van der Waals surface area contributed by atoms with Crippen LogP contribution in [0, 0.1) is 19.3 Å². The highest BCUT2D eigenvalue weighted by Gasteiger charge is 2.31. The number of aliphatic hydroxyl groups is 1. The summed E-state index contributed by atoms with van der Waals surface area (Å²) in [5.41, 5.74) is 6.93. The lowest BCUT2D eigenvalue weighted by Gasteiger charge is -2.34. The van der Waals surface area contributed by atoms with Gasteiger partial charge in [-0.15, -0.1) is 0 Å². The fourth-order valence-electron chi connectivity index (χ4n) is 4.59. The van der Waals surface area contributed by atoms with Crippen LogP contribution in [0.2, 0.25) is 0 Å². The Morgan fingerprint density at radius 3 is 1.90 bits per heavy atom. The average molecular weight is 409 g/mol. The van der Waals surface area contributed by atoms with Crippen LogP contribution in [-0.4, -0.2) is 17.0 Å². The van der Waals surface area contributed by atoms with Crippen LogP contribution in [0.5, 0.6) is 0 Å². The van der Waals surface area contributed by atoms with E-state index in [0.29, 0.717) is 0 Å². The molecule has 0 saturated carbocycles. The first kappa shape index (κ1) is 24.3. The van der Waals surface area contributed by atoms with E-state index in [1.54, 1.807) is 6.92 Å². The zero-order valence-corrected chi connectivity index (χ0v) is 20.2. The molecular formula is C28H40O2. The van der Waals surface area contributed by atoms with Crippen molar-refractivity contribution in [1.82, 2.24) is 0 Å². The van der Waals surface area contributed by atoms with Gasteiger partial charge in [-0.05, 0) is 79.7 Å². The van der Waals surface area contributed by atoms with Gasteiger partial charge in [0.2, 0.25) is 0 Å². The number of hydrogen-bond donors (Lipinski definition) is 1. The van der Waals surface area contributed by atoms with E-state index in [-0.39, 0.29) is 22.7 Å². The largest absolute Gasteiger partial charge is 0.393 e. The van der Waals surface area contributed by atoms with Crippen LogP contribution in [-0.2, 0) is 11.8 Å². The summed E-state index contributed by atoms with van der Waals surface area (Å²) in [6.45, 7) is 16.6. The van der Waals surface area contributed by atoms with Gasteiger partial charge in [-0.25, -0.2) is 0 Å². The van der Waals surface area contributed by atoms with Gasteiger partial charge in [-0.3, -0.25) is 4.79 Å². The van der Waals surface area contributed by atoms with Gasteiger partial charge in [-0.2, -0.15) is 0 Å². The van der Waals surface area contributed by atoms with Gasteiger partial charge in [0.05, 0.1) is 6.10 Å². The van der Waals surface area contributed by atoms with Crippen molar-refractivity contribution in [3.05, 3.63) is 69.8 Å². The van der Waals surface area contributed by atoms with Crippen molar-refractivity contribution >= 4 is 5.78 Å². The minimum atomic E-state index is -0.301. The number of hydrogen-bond acceptors (Lipinski definition) is 2. The van der Waals surface area contributed by atoms with Gasteiger partial charge in [0, 0.05) is 11.0 Å². The van der Waals surface area contributed by atoms with Crippen molar-refractivity contribution in [2.24, 2.45) is 5.41 Å². The van der Waals surface area contributed by atoms with E-state index in [2.05, 4.69) is 71.9 Å². The lowest BCUT2D eigenvalue weighted by Crippen LogP contribution is -2.27. The summed E-state index contributed by atoms with van der Waals surface area (Å²) < 4.78 is 0. The molecule has 0 aromatic heterocycles. The molecule has 0 fully saturated rings. The smallest absolute Gasteiger partial charge is 0.160 e. The molecule has 0 aliphatic heterocycles. The molecule has 0 saturated heterocycles. The molecule has 0 heterocycles. The lowest BCUT2D eigenvalue weighted by molar-refractivity contribution is 0.0559. The Morgan fingerprint density at radius 1 is 0.933 bits per heavy atom. The minimum Gasteiger partial charge on any atom is -0.393 e. The van der Waals surface area contributed by atoms with Crippen molar-refractivity contribution in [2.45, 2.75) is 92.6 Å². The molecule has 0 aliphatic rings. The highest BCUT2D eigenvalue weighted by atomic mass is 16.3. The van der Waals surface area contributed by atoms with Crippen molar-refractivity contribution in [3.63, 3.8) is 0 Å². The summed E-state index contributed by atoms with van der Waals surface area (Å²) in [5.74, 6) is 0.121. The van der Waals surface area contributed by atoms with E-state index in [1.165, 1.54) is 22.3 Å². The fraction of sp³-hybridized carbons (Fsp3) is 0.536. The molecule has 1 unspecified atom stereocenters. The van der Waals surface area contributed by atoms with Crippen molar-refractivity contribution in [2.75, 3.05) is 0 Å². The van der Waals surface area contributed by atoms with Gasteiger partial charge >= 0.3 is 0 Å². The zero-order chi connectivity index (χ0) is 22.7. The standard InChI is InChI=1S/C28H40O2/c1-9-28(10-2,24-14-15-25(21(5)29)20(4)18-24)23-13-11-22(19(3)17-23)12-16-26(30)27(6,7)8/h11,13-15,17-18,26,30H,9-10,12,16H2,1-8H3. The van der Waals surface area contributed by atoms with Gasteiger partial charge < -0.3 is 5.11 Å². The first-order valence-electron chi connectivity index (χ1n) is 11.4. The average Bonchev–Trinajstić information content (AvgIpc) is 2.67. The number of rotatable bonds is 8. The molecule has 1 atom stereocenters. The maximum absolute atomic E-state index is 11.9. The molecule has 0 radical (unpaired) electrons. The third-order valence-corrected chi connectivity index (χ3v) is 6.95. The van der Waals surface area contributed by atoms with E-state index in [0.717, 1.165) is 36.8 Å². The van der Waals surface area contributed by atoms with E-state index < -0.39 is 0 Å². The quantitative estimate of drug-likeness (QED) is 0.480. The molecule has 2 heteroatoms. The third kappa shape index (κ3) is 5.03. The SMILES string of the molecule is CCC(CC)(c1ccc(CCC(O)C(C)(C)C)c(C)c1)c1ccc(C(C)=O)c(C)c1. The fourth-order valence-corrected chi connectivity index (χ4v) is 4.59. The van der Waals surface area contributed by atoms with Crippen LogP contribution in [0.25, 0.3) is 0 Å².